The molecule has 0 fully saturated rings. The number of rotatable bonds is 6. The van der Waals surface area contributed by atoms with Crippen LogP contribution in [-0.2, 0) is 11.3 Å². The van der Waals surface area contributed by atoms with E-state index in [1.165, 1.54) is 6.07 Å². The van der Waals surface area contributed by atoms with Crippen LogP contribution in [0.25, 0.3) is 10.2 Å². The lowest BCUT2D eigenvalue weighted by atomic mass is 10.1. The average molecular weight is 456 g/mol. The second-order valence-electron chi connectivity index (χ2n) is 7.07. The number of aryl methyl sites for hydroxylation is 2. The fraction of sp³-hybridized carbons (Fsp3) is 0.368. The van der Waals surface area contributed by atoms with Crippen molar-refractivity contribution in [2.75, 3.05) is 5.32 Å². The minimum absolute atomic E-state index is 0.0572. The number of anilines is 1. The molecule has 11 heteroatoms. The van der Waals surface area contributed by atoms with Crippen LogP contribution in [0.15, 0.2) is 6.07 Å². The highest BCUT2D eigenvalue weighted by Crippen LogP contribution is 2.38. The highest BCUT2D eigenvalue weighted by molar-refractivity contribution is 7.21. The molecule has 2 amide bonds. The Morgan fingerprint density at radius 2 is 2.00 bits per heavy atom. The highest BCUT2D eigenvalue weighted by Gasteiger charge is 2.25. The number of aromatic nitrogens is 3. The number of pyridine rings is 1. The summed E-state index contributed by atoms with van der Waals surface area (Å²) in [6, 6.07) is 1.24. The molecule has 1 atom stereocenters. The number of amides is 2. The number of fused-ring (bicyclic) bond motifs is 1. The van der Waals surface area contributed by atoms with Crippen LogP contribution in [0, 0.1) is 26.7 Å². The number of carbonyl (C=O) groups is 2. The van der Waals surface area contributed by atoms with Crippen LogP contribution in [-0.4, -0.2) is 26.6 Å². The average Bonchev–Trinajstić information content (AvgIpc) is 3.15. The smallest absolute Gasteiger partial charge is 0.280 e. The van der Waals surface area contributed by atoms with Crippen molar-refractivity contribution in [1.29, 1.82) is 0 Å². The molecule has 0 aliphatic heterocycles. The zero-order valence-electron chi connectivity index (χ0n) is 16.7. The summed E-state index contributed by atoms with van der Waals surface area (Å²) in [6.45, 7) is 7.17. The van der Waals surface area contributed by atoms with Crippen LogP contribution in [0.4, 0.5) is 14.5 Å². The van der Waals surface area contributed by atoms with E-state index in [9.17, 15) is 18.4 Å². The number of nitrogens with two attached hydrogens (primary N) is 1. The van der Waals surface area contributed by atoms with Gasteiger partial charge in [0.15, 0.2) is 0 Å². The molecule has 0 aliphatic carbocycles. The first-order valence-corrected chi connectivity index (χ1v) is 10.2. The van der Waals surface area contributed by atoms with Crippen molar-refractivity contribution in [1.82, 2.24) is 14.8 Å². The molecule has 7 nitrogen and oxygen atoms in total. The second kappa shape index (κ2) is 8.27. The van der Waals surface area contributed by atoms with E-state index in [1.807, 2.05) is 0 Å². The predicted octanol–water partition coefficient (Wildman–Crippen LogP) is 4.38. The number of alkyl halides is 2. The van der Waals surface area contributed by atoms with Crippen LogP contribution >= 0.6 is 22.9 Å². The molecular formula is C19H20ClF2N5O2S. The van der Waals surface area contributed by atoms with E-state index in [-0.39, 0.29) is 27.8 Å². The normalized spacial score (nSPS) is 12.5. The molecule has 30 heavy (non-hydrogen) atoms. The Hall–Kier alpha value is -2.59. The maximum absolute atomic E-state index is 13.1. The van der Waals surface area contributed by atoms with Gasteiger partial charge in [-0.1, -0.05) is 18.5 Å². The van der Waals surface area contributed by atoms with Crippen molar-refractivity contribution < 1.29 is 18.4 Å². The number of primary amides is 1. The van der Waals surface area contributed by atoms with Crippen molar-refractivity contribution in [2.24, 2.45) is 11.7 Å². The Balaban J connectivity index is 1.95. The summed E-state index contributed by atoms with van der Waals surface area (Å²) in [4.78, 5) is 29.0. The number of hydrogen-bond donors (Lipinski definition) is 2. The van der Waals surface area contributed by atoms with E-state index >= 15 is 0 Å². The van der Waals surface area contributed by atoms with E-state index in [1.54, 1.807) is 32.4 Å². The molecule has 0 aliphatic rings. The van der Waals surface area contributed by atoms with Gasteiger partial charge in [0, 0.05) is 5.39 Å². The van der Waals surface area contributed by atoms with Crippen LogP contribution in [0.3, 0.4) is 0 Å². The van der Waals surface area contributed by atoms with E-state index < -0.39 is 23.9 Å². The van der Waals surface area contributed by atoms with Gasteiger partial charge in [-0.3, -0.25) is 14.3 Å². The molecule has 3 aromatic heterocycles. The second-order valence-corrected chi connectivity index (χ2v) is 8.45. The molecule has 160 valence electrons. The molecule has 3 heterocycles. The standard InChI is InChI=1S/C19H20ClF2N5O2S/c1-7-5-11(16(21)22)24-19-12(7)14(15(30-19)17(23)28)25-18(29)8(2)6-27-10(4)13(20)9(3)26-27/h5,8,16H,6H2,1-4H3,(H2,23,28)(H,25,29). The Morgan fingerprint density at radius 1 is 1.33 bits per heavy atom. The zero-order valence-corrected chi connectivity index (χ0v) is 18.3. The van der Waals surface area contributed by atoms with E-state index in [4.69, 9.17) is 17.3 Å². The molecule has 0 bridgehead atoms. The van der Waals surface area contributed by atoms with Gasteiger partial charge < -0.3 is 11.1 Å². The summed E-state index contributed by atoms with van der Waals surface area (Å²) in [5.41, 5.74) is 7.12. The van der Waals surface area contributed by atoms with Crippen molar-refractivity contribution in [2.45, 2.75) is 40.7 Å². The van der Waals surface area contributed by atoms with Gasteiger partial charge in [-0.15, -0.1) is 11.3 Å². The molecule has 3 rings (SSSR count). The number of carbonyl (C=O) groups excluding carboxylic acids is 2. The fourth-order valence-corrected chi connectivity index (χ4v) is 4.35. The molecule has 0 radical (unpaired) electrons. The van der Waals surface area contributed by atoms with Crippen molar-refractivity contribution in [3.8, 4) is 0 Å². The first-order valence-electron chi connectivity index (χ1n) is 9.03. The summed E-state index contributed by atoms with van der Waals surface area (Å²) in [6.07, 6.45) is -2.75. The maximum atomic E-state index is 13.1. The van der Waals surface area contributed by atoms with Crippen LogP contribution in [0.2, 0.25) is 5.02 Å². The summed E-state index contributed by atoms with van der Waals surface area (Å²) < 4.78 is 27.8. The SMILES string of the molecule is Cc1nn(CC(C)C(=O)Nc2c(C(N)=O)sc3nc(C(F)F)cc(C)c23)c(C)c1Cl. The number of nitrogens with one attached hydrogen (secondary N) is 1. The zero-order chi connectivity index (χ0) is 22.3. The van der Waals surface area contributed by atoms with Gasteiger partial charge in [0.2, 0.25) is 5.91 Å². The number of thiophene rings is 1. The third-order valence-electron chi connectivity index (χ3n) is 4.76. The third-order valence-corrected chi connectivity index (χ3v) is 6.41. The lowest BCUT2D eigenvalue weighted by molar-refractivity contribution is -0.119. The van der Waals surface area contributed by atoms with Crippen molar-refractivity contribution >= 4 is 50.7 Å². The Kier molecular flexibility index (Phi) is 6.09. The lowest BCUT2D eigenvalue weighted by Crippen LogP contribution is -2.26. The summed E-state index contributed by atoms with van der Waals surface area (Å²) in [7, 11) is 0. The predicted molar refractivity (Wildman–Crippen MR) is 112 cm³/mol. The van der Waals surface area contributed by atoms with Gasteiger partial charge in [0.25, 0.3) is 12.3 Å². The van der Waals surface area contributed by atoms with Gasteiger partial charge in [-0.2, -0.15) is 5.10 Å². The molecule has 0 saturated heterocycles. The number of halogens is 3. The van der Waals surface area contributed by atoms with Gasteiger partial charge in [-0.25, -0.2) is 13.8 Å². The lowest BCUT2D eigenvalue weighted by Gasteiger charge is -2.14. The third kappa shape index (κ3) is 4.01. The minimum Gasteiger partial charge on any atom is -0.365 e. The van der Waals surface area contributed by atoms with Crippen molar-refractivity contribution in [3.05, 3.63) is 38.6 Å². The van der Waals surface area contributed by atoms with Crippen LogP contribution in [0.5, 0.6) is 0 Å². The van der Waals surface area contributed by atoms with Gasteiger partial charge in [0.05, 0.1) is 34.6 Å². The monoisotopic (exact) mass is 455 g/mol. The van der Waals surface area contributed by atoms with E-state index in [2.05, 4.69) is 15.4 Å². The van der Waals surface area contributed by atoms with Crippen LogP contribution in [0.1, 0.15) is 45.7 Å². The largest absolute Gasteiger partial charge is 0.365 e. The van der Waals surface area contributed by atoms with Crippen molar-refractivity contribution in [3.63, 3.8) is 0 Å². The maximum Gasteiger partial charge on any atom is 0.280 e. The molecule has 3 aromatic rings. The molecule has 0 spiro atoms. The summed E-state index contributed by atoms with van der Waals surface area (Å²) in [5.74, 6) is -1.68. The Labute approximate surface area is 180 Å². The quantitative estimate of drug-likeness (QED) is 0.575. The first kappa shape index (κ1) is 22.1. The van der Waals surface area contributed by atoms with E-state index in [0.29, 0.717) is 21.7 Å². The topological polar surface area (TPSA) is 103 Å². The highest BCUT2D eigenvalue weighted by atomic mass is 35.5. The van der Waals surface area contributed by atoms with Gasteiger partial charge in [-0.05, 0) is 32.4 Å². The van der Waals surface area contributed by atoms with E-state index in [0.717, 1.165) is 17.0 Å². The summed E-state index contributed by atoms with van der Waals surface area (Å²) in [5, 5.41) is 8.02. The van der Waals surface area contributed by atoms with Crippen LogP contribution < -0.4 is 11.1 Å². The Morgan fingerprint density at radius 3 is 2.53 bits per heavy atom. The molecule has 1 unspecified atom stereocenters. The summed E-state index contributed by atoms with van der Waals surface area (Å²) >= 11 is 7.03. The Bertz CT molecular complexity index is 1160. The number of nitrogens with zero attached hydrogens (tertiary/aromatic N) is 3. The first-order chi connectivity index (χ1) is 14.0. The molecule has 0 saturated carbocycles. The van der Waals surface area contributed by atoms with Gasteiger partial charge in [0.1, 0.15) is 15.4 Å². The fourth-order valence-electron chi connectivity index (χ4n) is 3.15. The minimum atomic E-state index is -2.75. The number of hydrogen-bond acceptors (Lipinski definition) is 5. The molecule has 0 aromatic carbocycles. The van der Waals surface area contributed by atoms with Gasteiger partial charge >= 0.3 is 0 Å². The molecular weight excluding hydrogens is 436 g/mol. The molecule has 3 N–H and O–H groups in total.